The minimum absolute atomic E-state index is 0.0214. The standard InChI is InChI=1S/C20H23N3O3/c1-2-3-9-20(22-23-20)10-8-18(24)21-19(14-4-5-14)15-6-7-16-17(13-15)26-12-11-25-16/h1,6-7,13-14,19H,3-5,8-12H2,(H,21,24). The molecule has 1 atom stereocenters. The van der Waals surface area contributed by atoms with Crippen LogP contribution in [0.1, 0.15) is 50.1 Å². The van der Waals surface area contributed by atoms with Gasteiger partial charge in [0.05, 0.1) is 6.04 Å². The van der Waals surface area contributed by atoms with Gasteiger partial charge in [-0.15, -0.1) is 12.3 Å². The van der Waals surface area contributed by atoms with E-state index in [-0.39, 0.29) is 11.9 Å². The van der Waals surface area contributed by atoms with Crippen LogP contribution in [0.2, 0.25) is 0 Å². The van der Waals surface area contributed by atoms with Crippen molar-refractivity contribution in [1.82, 2.24) is 5.32 Å². The first-order valence-electron chi connectivity index (χ1n) is 9.26. The Balaban J connectivity index is 1.37. The van der Waals surface area contributed by atoms with Gasteiger partial charge in [-0.05, 0) is 36.5 Å². The maximum Gasteiger partial charge on any atom is 0.220 e. The number of rotatable bonds is 8. The van der Waals surface area contributed by atoms with E-state index in [0.29, 0.717) is 38.4 Å². The van der Waals surface area contributed by atoms with E-state index < -0.39 is 5.66 Å². The monoisotopic (exact) mass is 353 g/mol. The highest BCUT2D eigenvalue weighted by Gasteiger charge is 2.40. The van der Waals surface area contributed by atoms with Crippen LogP contribution in [-0.2, 0) is 4.79 Å². The number of nitrogens with zero attached hydrogens (tertiary/aromatic N) is 2. The Kier molecular flexibility index (Phi) is 4.54. The highest BCUT2D eigenvalue weighted by atomic mass is 16.6. The van der Waals surface area contributed by atoms with Crippen LogP contribution in [-0.4, -0.2) is 24.8 Å². The summed E-state index contributed by atoms with van der Waals surface area (Å²) < 4.78 is 11.3. The molecule has 1 fully saturated rings. The number of carbonyl (C=O) groups is 1. The van der Waals surface area contributed by atoms with Crippen LogP contribution in [0.3, 0.4) is 0 Å². The fourth-order valence-corrected chi connectivity index (χ4v) is 3.38. The molecule has 6 heteroatoms. The van der Waals surface area contributed by atoms with E-state index in [1.54, 1.807) is 0 Å². The SMILES string of the molecule is C#CCCC1(CCC(=O)NC(c2ccc3c(c2)OCCO3)C2CC2)N=N1. The molecule has 3 aliphatic rings. The van der Waals surface area contributed by atoms with Crippen molar-refractivity contribution in [3.8, 4) is 23.8 Å². The quantitative estimate of drug-likeness (QED) is 0.728. The number of benzene rings is 1. The van der Waals surface area contributed by atoms with Gasteiger partial charge in [-0.3, -0.25) is 4.79 Å². The highest BCUT2D eigenvalue weighted by Crippen LogP contribution is 2.43. The average Bonchev–Trinajstić information content (AvgIpc) is 3.58. The van der Waals surface area contributed by atoms with E-state index in [1.165, 1.54) is 0 Å². The normalized spacial score (nSPS) is 20.1. The Labute approximate surface area is 153 Å². The van der Waals surface area contributed by atoms with Gasteiger partial charge in [0.1, 0.15) is 13.2 Å². The van der Waals surface area contributed by atoms with Crippen LogP contribution in [0.25, 0.3) is 0 Å². The summed E-state index contributed by atoms with van der Waals surface area (Å²) in [5.41, 5.74) is 0.670. The van der Waals surface area contributed by atoms with Crippen molar-refractivity contribution in [1.29, 1.82) is 0 Å². The first kappa shape index (κ1) is 16.9. The molecule has 1 aromatic carbocycles. The lowest BCUT2D eigenvalue weighted by Gasteiger charge is -2.23. The molecule has 2 heterocycles. The predicted octanol–water partition coefficient (Wildman–Crippen LogP) is 3.38. The molecule has 0 aromatic heterocycles. The summed E-state index contributed by atoms with van der Waals surface area (Å²) in [5.74, 6) is 4.67. The molecular formula is C20H23N3O3. The summed E-state index contributed by atoms with van der Waals surface area (Å²) in [5, 5.41) is 11.4. The van der Waals surface area contributed by atoms with E-state index in [4.69, 9.17) is 15.9 Å². The molecule has 1 aliphatic carbocycles. The fourth-order valence-electron chi connectivity index (χ4n) is 3.38. The third-order valence-electron chi connectivity index (χ3n) is 5.14. The van der Waals surface area contributed by atoms with Crippen molar-refractivity contribution in [3.05, 3.63) is 23.8 Å². The van der Waals surface area contributed by atoms with Crippen LogP contribution in [0, 0.1) is 18.3 Å². The summed E-state index contributed by atoms with van der Waals surface area (Å²) in [6.07, 6.45) is 9.97. The Morgan fingerprint density at radius 2 is 2.04 bits per heavy atom. The lowest BCUT2D eigenvalue weighted by atomic mass is 9.99. The summed E-state index contributed by atoms with van der Waals surface area (Å²) in [6.45, 7) is 1.14. The molecule has 1 N–H and O–H groups in total. The minimum Gasteiger partial charge on any atom is -0.486 e. The Morgan fingerprint density at radius 1 is 1.27 bits per heavy atom. The van der Waals surface area contributed by atoms with Crippen LogP contribution >= 0.6 is 0 Å². The van der Waals surface area contributed by atoms with Crippen molar-refractivity contribution in [2.75, 3.05) is 13.2 Å². The molecule has 136 valence electrons. The number of amides is 1. The van der Waals surface area contributed by atoms with Crippen LogP contribution in [0.5, 0.6) is 11.5 Å². The molecule has 1 aromatic rings. The van der Waals surface area contributed by atoms with Gasteiger partial charge in [-0.25, -0.2) is 0 Å². The number of ether oxygens (including phenoxy) is 2. The number of hydrogen-bond donors (Lipinski definition) is 1. The zero-order valence-corrected chi connectivity index (χ0v) is 14.7. The molecule has 1 saturated carbocycles. The topological polar surface area (TPSA) is 72.3 Å². The molecule has 0 bridgehead atoms. The zero-order chi connectivity index (χ0) is 18.0. The average molecular weight is 353 g/mol. The Bertz CT molecular complexity index is 758. The number of carbonyl (C=O) groups excluding carboxylic acids is 1. The van der Waals surface area contributed by atoms with Crippen molar-refractivity contribution < 1.29 is 14.3 Å². The number of fused-ring (bicyclic) bond motifs is 1. The smallest absolute Gasteiger partial charge is 0.220 e. The Morgan fingerprint density at radius 3 is 2.73 bits per heavy atom. The second-order valence-electron chi connectivity index (χ2n) is 7.17. The van der Waals surface area contributed by atoms with Gasteiger partial charge in [-0.1, -0.05) is 6.07 Å². The van der Waals surface area contributed by atoms with Gasteiger partial charge < -0.3 is 14.8 Å². The van der Waals surface area contributed by atoms with Crippen molar-refractivity contribution in [3.63, 3.8) is 0 Å². The van der Waals surface area contributed by atoms with E-state index in [9.17, 15) is 4.79 Å². The van der Waals surface area contributed by atoms with Gasteiger partial charge in [-0.2, -0.15) is 10.2 Å². The molecule has 6 nitrogen and oxygen atoms in total. The summed E-state index contributed by atoms with van der Waals surface area (Å²) in [4.78, 5) is 12.5. The third kappa shape index (κ3) is 3.82. The zero-order valence-electron chi connectivity index (χ0n) is 14.7. The molecular weight excluding hydrogens is 330 g/mol. The molecule has 0 spiro atoms. The Hall–Kier alpha value is -2.55. The number of terminal acetylenes is 1. The summed E-state index contributed by atoms with van der Waals surface area (Å²) in [6, 6.07) is 5.98. The molecule has 1 amide bonds. The third-order valence-corrected chi connectivity index (χ3v) is 5.14. The highest BCUT2D eigenvalue weighted by molar-refractivity contribution is 5.76. The van der Waals surface area contributed by atoms with Gasteiger partial charge in [0, 0.05) is 25.7 Å². The van der Waals surface area contributed by atoms with Gasteiger partial charge in [0.15, 0.2) is 17.2 Å². The van der Waals surface area contributed by atoms with Crippen LogP contribution in [0.4, 0.5) is 0 Å². The minimum atomic E-state index is -0.407. The molecule has 2 aliphatic heterocycles. The molecule has 0 radical (unpaired) electrons. The van der Waals surface area contributed by atoms with Crippen molar-refractivity contribution in [2.24, 2.45) is 16.1 Å². The lowest BCUT2D eigenvalue weighted by Crippen LogP contribution is -2.31. The van der Waals surface area contributed by atoms with Gasteiger partial charge >= 0.3 is 0 Å². The van der Waals surface area contributed by atoms with E-state index in [2.05, 4.69) is 21.5 Å². The van der Waals surface area contributed by atoms with Gasteiger partial charge in [0.2, 0.25) is 5.91 Å². The fraction of sp³-hybridized carbons (Fsp3) is 0.550. The van der Waals surface area contributed by atoms with E-state index in [1.807, 2.05) is 18.2 Å². The maximum atomic E-state index is 12.5. The predicted molar refractivity (Wildman–Crippen MR) is 95.9 cm³/mol. The van der Waals surface area contributed by atoms with Gasteiger partial charge in [0.25, 0.3) is 0 Å². The van der Waals surface area contributed by atoms with Crippen molar-refractivity contribution >= 4 is 5.91 Å². The molecule has 1 unspecified atom stereocenters. The number of nitrogens with one attached hydrogen (secondary N) is 1. The molecule has 26 heavy (non-hydrogen) atoms. The largest absolute Gasteiger partial charge is 0.486 e. The second kappa shape index (κ2) is 6.99. The summed E-state index contributed by atoms with van der Waals surface area (Å²) >= 11 is 0. The van der Waals surface area contributed by atoms with Crippen molar-refractivity contribution in [2.45, 2.75) is 50.2 Å². The molecule has 4 rings (SSSR count). The first-order chi connectivity index (χ1) is 12.7. The second-order valence-corrected chi connectivity index (χ2v) is 7.17. The lowest BCUT2D eigenvalue weighted by molar-refractivity contribution is -0.122. The summed E-state index contributed by atoms with van der Waals surface area (Å²) in [7, 11) is 0. The molecule has 0 saturated heterocycles. The maximum absolute atomic E-state index is 12.5. The van der Waals surface area contributed by atoms with E-state index >= 15 is 0 Å². The van der Waals surface area contributed by atoms with Crippen LogP contribution < -0.4 is 14.8 Å². The first-order valence-corrected chi connectivity index (χ1v) is 9.26. The van der Waals surface area contributed by atoms with Crippen LogP contribution in [0.15, 0.2) is 28.4 Å². The van der Waals surface area contributed by atoms with E-state index in [0.717, 1.165) is 36.3 Å². The number of hydrogen-bond acceptors (Lipinski definition) is 5.